The van der Waals surface area contributed by atoms with E-state index in [-0.39, 0.29) is 24.1 Å². The topological polar surface area (TPSA) is 52.7 Å². The van der Waals surface area contributed by atoms with Gasteiger partial charge in [0.1, 0.15) is 5.82 Å². The molecule has 1 aromatic carbocycles. The van der Waals surface area contributed by atoms with E-state index in [2.05, 4.69) is 5.32 Å². The lowest BCUT2D eigenvalue weighted by Gasteiger charge is -2.39. The van der Waals surface area contributed by atoms with Crippen LogP contribution in [0.2, 0.25) is 0 Å². The molecule has 2 saturated heterocycles. The van der Waals surface area contributed by atoms with Gasteiger partial charge in [0.2, 0.25) is 11.8 Å². The minimum Gasteiger partial charge on any atom is -0.366 e. The molecule has 2 heterocycles. The Labute approximate surface area is 129 Å². The Balaban J connectivity index is 1.64. The van der Waals surface area contributed by atoms with Crippen molar-refractivity contribution in [3.63, 3.8) is 0 Å². The van der Waals surface area contributed by atoms with Gasteiger partial charge in [-0.1, -0.05) is 12.1 Å². The molecule has 3 rings (SSSR count). The van der Waals surface area contributed by atoms with Crippen LogP contribution in [0.5, 0.6) is 0 Å². The Morgan fingerprint density at radius 3 is 2.50 bits per heavy atom. The van der Waals surface area contributed by atoms with Crippen molar-refractivity contribution in [1.82, 2.24) is 10.2 Å². The molecule has 1 unspecified atom stereocenters. The molecule has 2 amide bonds. The molecule has 1 aromatic rings. The van der Waals surface area contributed by atoms with Crippen LogP contribution in [0.4, 0.5) is 10.1 Å². The van der Waals surface area contributed by atoms with Crippen molar-refractivity contribution in [2.24, 2.45) is 5.41 Å². The number of carbonyl (C=O) groups is 2. The highest BCUT2D eigenvalue weighted by Crippen LogP contribution is 2.29. The first-order chi connectivity index (χ1) is 10.5. The van der Waals surface area contributed by atoms with Gasteiger partial charge in [-0.2, -0.15) is 0 Å². The molecular weight excluding hydrogens is 285 g/mol. The summed E-state index contributed by atoms with van der Waals surface area (Å²) in [7, 11) is 0. The predicted molar refractivity (Wildman–Crippen MR) is 80.9 cm³/mol. The fraction of sp³-hybridized carbons (Fsp3) is 0.500. The molecule has 0 saturated carbocycles. The molecule has 6 heteroatoms. The van der Waals surface area contributed by atoms with Gasteiger partial charge in [-0.3, -0.25) is 9.59 Å². The summed E-state index contributed by atoms with van der Waals surface area (Å²) in [6.07, 6.45) is 0.249. The fourth-order valence-corrected chi connectivity index (χ4v) is 3.16. The molecule has 0 aliphatic carbocycles. The first-order valence-corrected chi connectivity index (χ1v) is 7.55. The Morgan fingerprint density at radius 2 is 1.91 bits per heavy atom. The van der Waals surface area contributed by atoms with Crippen molar-refractivity contribution in [2.75, 3.05) is 37.6 Å². The SMILES string of the molecule is CC1(C(=O)N2CCN(c3ccccc3F)CC2)CNC(=O)C1. The molecule has 2 aliphatic heterocycles. The molecule has 2 aliphatic rings. The number of benzene rings is 1. The minimum absolute atomic E-state index is 0.0130. The predicted octanol–water partition coefficient (Wildman–Crippen LogP) is 1.00. The third kappa shape index (κ3) is 2.65. The second kappa shape index (κ2) is 5.59. The standard InChI is InChI=1S/C16H20FN3O2/c1-16(10-14(21)18-11-16)15(22)20-8-6-19(7-9-20)13-5-3-2-4-12(13)17/h2-5H,6-11H2,1H3,(H,18,21). The molecular formula is C16H20FN3O2. The van der Waals surface area contributed by atoms with E-state index in [1.165, 1.54) is 6.07 Å². The molecule has 118 valence electrons. The number of para-hydroxylation sites is 1. The molecule has 0 radical (unpaired) electrons. The van der Waals surface area contributed by atoms with Crippen molar-refractivity contribution in [2.45, 2.75) is 13.3 Å². The average molecular weight is 305 g/mol. The number of hydrogen-bond acceptors (Lipinski definition) is 3. The maximum Gasteiger partial charge on any atom is 0.230 e. The molecule has 1 N–H and O–H groups in total. The number of piperazine rings is 1. The monoisotopic (exact) mass is 305 g/mol. The second-order valence-electron chi connectivity index (χ2n) is 6.24. The van der Waals surface area contributed by atoms with E-state index in [0.29, 0.717) is 38.4 Å². The van der Waals surface area contributed by atoms with Crippen molar-refractivity contribution < 1.29 is 14.0 Å². The Bertz CT molecular complexity index is 599. The maximum absolute atomic E-state index is 13.8. The number of halogens is 1. The van der Waals surface area contributed by atoms with E-state index in [9.17, 15) is 14.0 Å². The Hall–Kier alpha value is -2.11. The number of anilines is 1. The van der Waals surface area contributed by atoms with Crippen LogP contribution in [-0.4, -0.2) is 49.4 Å². The minimum atomic E-state index is -0.642. The van der Waals surface area contributed by atoms with E-state index in [4.69, 9.17) is 0 Å². The summed E-state index contributed by atoms with van der Waals surface area (Å²) in [6, 6.07) is 6.69. The molecule has 0 bridgehead atoms. The highest BCUT2D eigenvalue weighted by atomic mass is 19.1. The molecule has 0 aromatic heterocycles. The fourth-order valence-electron chi connectivity index (χ4n) is 3.16. The van der Waals surface area contributed by atoms with Gasteiger partial charge in [-0.25, -0.2) is 4.39 Å². The van der Waals surface area contributed by atoms with Gasteiger partial charge in [0.05, 0.1) is 11.1 Å². The second-order valence-corrected chi connectivity index (χ2v) is 6.24. The number of amides is 2. The summed E-state index contributed by atoms with van der Waals surface area (Å²) in [6.45, 7) is 4.54. The quantitative estimate of drug-likeness (QED) is 0.887. The number of rotatable bonds is 2. The van der Waals surface area contributed by atoms with E-state index in [1.807, 2.05) is 17.9 Å². The van der Waals surface area contributed by atoms with Crippen LogP contribution >= 0.6 is 0 Å². The first kappa shape index (κ1) is 14.8. The lowest BCUT2D eigenvalue weighted by molar-refractivity contribution is -0.141. The molecule has 1 atom stereocenters. The van der Waals surface area contributed by atoms with Gasteiger partial charge in [-0.05, 0) is 19.1 Å². The molecule has 5 nitrogen and oxygen atoms in total. The zero-order valence-corrected chi connectivity index (χ0v) is 12.6. The Morgan fingerprint density at radius 1 is 1.23 bits per heavy atom. The lowest BCUT2D eigenvalue weighted by Crippen LogP contribution is -2.53. The zero-order chi connectivity index (χ0) is 15.7. The first-order valence-electron chi connectivity index (χ1n) is 7.55. The van der Waals surface area contributed by atoms with Crippen LogP contribution in [0.3, 0.4) is 0 Å². The number of nitrogens with zero attached hydrogens (tertiary/aromatic N) is 2. The lowest BCUT2D eigenvalue weighted by atomic mass is 9.87. The summed E-state index contributed by atoms with van der Waals surface area (Å²) in [5.41, 5.74) is -0.0597. The van der Waals surface area contributed by atoms with Gasteiger partial charge in [0.25, 0.3) is 0 Å². The van der Waals surface area contributed by atoms with Crippen molar-refractivity contribution >= 4 is 17.5 Å². The van der Waals surface area contributed by atoms with Gasteiger partial charge < -0.3 is 15.1 Å². The van der Waals surface area contributed by atoms with Crippen LogP contribution in [0.25, 0.3) is 0 Å². The maximum atomic E-state index is 13.8. The van der Waals surface area contributed by atoms with Gasteiger partial charge >= 0.3 is 0 Å². The molecule has 22 heavy (non-hydrogen) atoms. The van der Waals surface area contributed by atoms with Gasteiger partial charge in [0, 0.05) is 39.1 Å². The van der Waals surface area contributed by atoms with Crippen molar-refractivity contribution in [3.8, 4) is 0 Å². The van der Waals surface area contributed by atoms with Crippen LogP contribution in [-0.2, 0) is 9.59 Å². The van der Waals surface area contributed by atoms with Gasteiger partial charge in [-0.15, -0.1) is 0 Å². The summed E-state index contributed by atoms with van der Waals surface area (Å²) < 4.78 is 13.8. The van der Waals surface area contributed by atoms with Crippen LogP contribution in [0.1, 0.15) is 13.3 Å². The van der Waals surface area contributed by atoms with E-state index >= 15 is 0 Å². The highest BCUT2D eigenvalue weighted by molar-refractivity contribution is 5.92. The average Bonchev–Trinajstić information content (AvgIpc) is 2.88. The number of hydrogen-bond donors (Lipinski definition) is 1. The van der Waals surface area contributed by atoms with E-state index in [0.717, 1.165) is 0 Å². The summed E-state index contributed by atoms with van der Waals surface area (Å²) in [5, 5.41) is 2.73. The summed E-state index contributed by atoms with van der Waals surface area (Å²) in [4.78, 5) is 27.8. The summed E-state index contributed by atoms with van der Waals surface area (Å²) in [5.74, 6) is -0.292. The largest absolute Gasteiger partial charge is 0.366 e. The molecule has 2 fully saturated rings. The van der Waals surface area contributed by atoms with Crippen LogP contribution < -0.4 is 10.2 Å². The van der Waals surface area contributed by atoms with Crippen LogP contribution in [0.15, 0.2) is 24.3 Å². The number of carbonyl (C=O) groups excluding carboxylic acids is 2. The van der Waals surface area contributed by atoms with E-state index in [1.54, 1.807) is 17.0 Å². The third-order valence-corrected chi connectivity index (χ3v) is 4.50. The highest BCUT2D eigenvalue weighted by Gasteiger charge is 2.43. The Kier molecular flexibility index (Phi) is 3.76. The van der Waals surface area contributed by atoms with E-state index < -0.39 is 5.41 Å². The zero-order valence-electron chi connectivity index (χ0n) is 12.6. The van der Waals surface area contributed by atoms with Crippen LogP contribution in [0, 0.1) is 11.2 Å². The van der Waals surface area contributed by atoms with Crippen molar-refractivity contribution in [1.29, 1.82) is 0 Å². The number of nitrogens with one attached hydrogen (secondary N) is 1. The molecule has 0 spiro atoms. The van der Waals surface area contributed by atoms with Crippen molar-refractivity contribution in [3.05, 3.63) is 30.1 Å². The summed E-state index contributed by atoms with van der Waals surface area (Å²) >= 11 is 0. The normalized spacial score (nSPS) is 25.3. The third-order valence-electron chi connectivity index (χ3n) is 4.50. The smallest absolute Gasteiger partial charge is 0.230 e. The van der Waals surface area contributed by atoms with Gasteiger partial charge in [0.15, 0.2) is 0 Å².